The first-order valence-electron chi connectivity index (χ1n) is 8.92. The van der Waals surface area contributed by atoms with E-state index in [1.54, 1.807) is 24.5 Å². The van der Waals surface area contributed by atoms with E-state index < -0.39 is 17.6 Å². The van der Waals surface area contributed by atoms with Crippen LogP contribution in [0.4, 0.5) is 18.9 Å². The second-order valence-electron chi connectivity index (χ2n) is 6.22. The van der Waals surface area contributed by atoms with Crippen LogP contribution in [0.5, 0.6) is 0 Å². The Morgan fingerprint density at radius 1 is 1.20 bits per heavy atom. The van der Waals surface area contributed by atoms with E-state index in [0.29, 0.717) is 17.5 Å². The molecule has 158 valence electrons. The van der Waals surface area contributed by atoms with Gasteiger partial charge in [-0.15, -0.1) is 10.2 Å². The van der Waals surface area contributed by atoms with Crippen LogP contribution in [0, 0.1) is 0 Å². The van der Waals surface area contributed by atoms with Crippen LogP contribution in [-0.2, 0) is 17.5 Å². The zero-order valence-electron chi connectivity index (χ0n) is 15.8. The van der Waals surface area contributed by atoms with E-state index >= 15 is 0 Å². The molecule has 3 aromatic rings. The molecule has 0 fully saturated rings. The summed E-state index contributed by atoms with van der Waals surface area (Å²) in [6.45, 7) is 2.63. The second-order valence-corrected chi connectivity index (χ2v) is 7.60. The number of hydrogen-bond acceptors (Lipinski definition) is 5. The highest BCUT2D eigenvalue weighted by atomic mass is 35.5. The Hall–Kier alpha value is -2.59. The molecule has 11 heteroatoms. The summed E-state index contributed by atoms with van der Waals surface area (Å²) in [7, 11) is 0. The molecule has 0 saturated heterocycles. The Balaban J connectivity index is 1.74. The minimum atomic E-state index is -4.64. The number of nitrogens with zero attached hydrogens (tertiary/aromatic N) is 4. The van der Waals surface area contributed by atoms with Crippen molar-refractivity contribution < 1.29 is 18.0 Å². The predicted molar refractivity (Wildman–Crippen MR) is 109 cm³/mol. The number of amides is 1. The Morgan fingerprint density at radius 3 is 2.60 bits per heavy atom. The summed E-state index contributed by atoms with van der Waals surface area (Å²) < 4.78 is 41.4. The average molecular weight is 456 g/mol. The molecule has 2 heterocycles. The van der Waals surface area contributed by atoms with Crippen LogP contribution in [-0.4, -0.2) is 31.4 Å². The van der Waals surface area contributed by atoms with Gasteiger partial charge in [0.2, 0.25) is 5.91 Å². The number of halogens is 4. The van der Waals surface area contributed by atoms with Gasteiger partial charge in [-0.1, -0.05) is 30.3 Å². The van der Waals surface area contributed by atoms with Crippen molar-refractivity contribution in [1.29, 1.82) is 0 Å². The zero-order chi connectivity index (χ0) is 21.7. The number of rotatable bonds is 7. The van der Waals surface area contributed by atoms with Crippen LogP contribution in [0.1, 0.15) is 18.9 Å². The third-order valence-corrected chi connectivity index (χ3v) is 5.20. The molecule has 0 spiro atoms. The van der Waals surface area contributed by atoms with Crippen molar-refractivity contribution in [3.63, 3.8) is 0 Å². The van der Waals surface area contributed by atoms with Gasteiger partial charge in [-0.3, -0.25) is 9.78 Å². The molecule has 0 aliphatic rings. The summed E-state index contributed by atoms with van der Waals surface area (Å²) in [5.74, 6) is -0.0819. The summed E-state index contributed by atoms with van der Waals surface area (Å²) in [4.78, 5) is 16.3. The molecular weight excluding hydrogens is 439 g/mol. The van der Waals surface area contributed by atoms with Crippen LogP contribution in [0.15, 0.2) is 47.9 Å². The van der Waals surface area contributed by atoms with Crippen LogP contribution in [0.3, 0.4) is 0 Å². The number of alkyl halides is 3. The molecule has 3 rings (SSSR count). The van der Waals surface area contributed by atoms with Gasteiger partial charge >= 0.3 is 6.18 Å². The van der Waals surface area contributed by atoms with E-state index in [-0.39, 0.29) is 16.5 Å². The number of benzene rings is 1. The quantitative estimate of drug-likeness (QED) is 0.498. The Labute approximate surface area is 179 Å². The molecule has 1 aromatic carbocycles. The first-order valence-corrected chi connectivity index (χ1v) is 10.3. The highest BCUT2D eigenvalue weighted by Crippen LogP contribution is 2.36. The molecule has 0 saturated carbocycles. The van der Waals surface area contributed by atoms with E-state index in [4.69, 9.17) is 11.6 Å². The normalized spacial score (nSPS) is 11.5. The molecule has 0 aliphatic heterocycles. The van der Waals surface area contributed by atoms with Crippen LogP contribution in [0.2, 0.25) is 5.02 Å². The predicted octanol–water partition coefficient (Wildman–Crippen LogP) is 5.15. The monoisotopic (exact) mass is 455 g/mol. The number of hydrogen-bond donors (Lipinski definition) is 1. The van der Waals surface area contributed by atoms with Gasteiger partial charge in [-0.2, -0.15) is 13.2 Å². The minimum Gasteiger partial charge on any atom is -0.325 e. The number of carbonyl (C=O) groups excluding carboxylic acids is 1. The first kappa shape index (κ1) is 22.1. The fourth-order valence-corrected chi connectivity index (χ4v) is 3.65. The molecule has 1 N–H and O–H groups in total. The number of pyridine rings is 1. The average Bonchev–Trinajstić information content (AvgIpc) is 3.10. The standard InChI is InChI=1S/C19H17ClF3N5OS/c1-2-9-28-17(12-5-7-24-8-6-12)26-27-18(28)30-11-16(29)25-15-4-3-13(20)10-14(15)19(21,22)23/h3-8,10H,2,9,11H2,1H3,(H,25,29). The number of nitrogens with one attached hydrogen (secondary N) is 1. The van der Waals surface area contributed by atoms with Crippen LogP contribution < -0.4 is 5.32 Å². The molecule has 0 atom stereocenters. The van der Waals surface area contributed by atoms with Crippen molar-refractivity contribution in [2.75, 3.05) is 11.1 Å². The summed E-state index contributed by atoms with van der Waals surface area (Å²) in [6, 6.07) is 6.81. The van der Waals surface area contributed by atoms with Gasteiger partial charge in [-0.05, 0) is 36.8 Å². The highest BCUT2D eigenvalue weighted by molar-refractivity contribution is 7.99. The van der Waals surface area contributed by atoms with Crippen molar-refractivity contribution in [2.24, 2.45) is 0 Å². The van der Waals surface area contributed by atoms with E-state index in [9.17, 15) is 18.0 Å². The van der Waals surface area contributed by atoms with Gasteiger partial charge in [0.1, 0.15) is 0 Å². The molecule has 30 heavy (non-hydrogen) atoms. The third kappa shape index (κ3) is 5.31. The van der Waals surface area contributed by atoms with Crippen LogP contribution >= 0.6 is 23.4 Å². The molecule has 0 aliphatic carbocycles. The Morgan fingerprint density at radius 2 is 1.93 bits per heavy atom. The topological polar surface area (TPSA) is 72.7 Å². The molecule has 6 nitrogen and oxygen atoms in total. The summed E-state index contributed by atoms with van der Waals surface area (Å²) >= 11 is 6.76. The van der Waals surface area contributed by atoms with Gasteiger partial charge in [0, 0.05) is 29.5 Å². The van der Waals surface area contributed by atoms with E-state index in [1.165, 1.54) is 6.07 Å². The maximum absolute atomic E-state index is 13.2. The Kier molecular flexibility index (Phi) is 6.99. The fourth-order valence-electron chi connectivity index (χ4n) is 2.71. The highest BCUT2D eigenvalue weighted by Gasteiger charge is 2.34. The summed E-state index contributed by atoms with van der Waals surface area (Å²) in [5.41, 5.74) is -0.509. The van der Waals surface area contributed by atoms with E-state index in [2.05, 4.69) is 20.5 Å². The van der Waals surface area contributed by atoms with Crippen molar-refractivity contribution >= 4 is 35.0 Å². The lowest BCUT2D eigenvalue weighted by atomic mass is 10.1. The lowest BCUT2D eigenvalue weighted by Gasteiger charge is -2.14. The van der Waals surface area contributed by atoms with E-state index in [1.807, 2.05) is 11.5 Å². The van der Waals surface area contributed by atoms with Crippen LogP contribution in [0.25, 0.3) is 11.4 Å². The van der Waals surface area contributed by atoms with Gasteiger partial charge < -0.3 is 9.88 Å². The SMILES string of the molecule is CCCn1c(SCC(=O)Nc2ccc(Cl)cc2C(F)(F)F)nnc1-c1ccncc1. The molecule has 0 unspecified atom stereocenters. The van der Waals surface area contributed by atoms with Gasteiger partial charge in [0.05, 0.1) is 17.0 Å². The number of aromatic nitrogens is 4. The largest absolute Gasteiger partial charge is 0.418 e. The van der Waals surface area contributed by atoms with Crippen molar-refractivity contribution in [3.8, 4) is 11.4 Å². The van der Waals surface area contributed by atoms with Crippen molar-refractivity contribution in [2.45, 2.75) is 31.2 Å². The maximum Gasteiger partial charge on any atom is 0.418 e. The molecule has 2 aromatic heterocycles. The summed E-state index contributed by atoms with van der Waals surface area (Å²) in [5, 5.41) is 11.1. The molecule has 0 bridgehead atoms. The van der Waals surface area contributed by atoms with E-state index in [0.717, 1.165) is 35.9 Å². The van der Waals surface area contributed by atoms with Gasteiger partial charge in [-0.25, -0.2) is 0 Å². The maximum atomic E-state index is 13.2. The number of carbonyl (C=O) groups is 1. The Bertz CT molecular complexity index is 1030. The molecular formula is C19H17ClF3N5OS. The van der Waals surface area contributed by atoms with Crippen molar-refractivity contribution in [1.82, 2.24) is 19.7 Å². The fraction of sp³-hybridized carbons (Fsp3) is 0.263. The van der Waals surface area contributed by atoms with Gasteiger partial charge in [0.25, 0.3) is 0 Å². The minimum absolute atomic E-state index is 0.0639. The smallest absolute Gasteiger partial charge is 0.325 e. The summed E-state index contributed by atoms with van der Waals surface area (Å²) in [6.07, 6.45) is -0.535. The lowest BCUT2D eigenvalue weighted by Crippen LogP contribution is -2.18. The number of thioether (sulfide) groups is 1. The second kappa shape index (κ2) is 9.48. The van der Waals surface area contributed by atoms with Crippen molar-refractivity contribution in [3.05, 3.63) is 53.3 Å². The first-order chi connectivity index (χ1) is 14.3. The molecule has 1 amide bonds. The number of anilines is 1. The van der Waals surface area contributed by atoms with Gasteiger partial charge in [0.15, 0.2) is 11.0 Å². The lowest BCUT2D eigenvalue weighted by molar-refractivity contribution is -0.137. The molecule has 0 radical (unpaired) electrons. The third-order valence-electron chi connectivity index (χ3n) is 4.00. The zero-order valence-corrected chi connectivity index (χ0v) is 17.4.